The number of para-hydroxylation sites is 1. The van der Waals surface area contributed by atoms with Gasteiger partial charge in [0.25, 0.3) is 0 Å². The SMILES string of the molecule is COc1ccc(NC(=O)NCCOc2ccccc2C(C)C)c(OC)c1. The van der Waals surface area contributed by atoms with Crippen LogP contribution in [0.5, 0.6) is 17.2 Å². The second-order valence-corrected chi connectivity index (χ2v) is 5.99. The van der Waals surface area contributed by atoms with Crippen molar-refractivity contribution in [3.63, 3.8) is 0 Å². The molecule has 0 bridgehead atoms. The fraction of sp³-hybridized carbons (Fsp3) is 0.350. The van der Waals surface area contributed by atoms with Gasteiger partial charge in [-0.2, -0.15) is 0 Å². The average Bonchev–Trinajstić information content (AvgIpc) is 2.65. The Labute approximate surface area is 154 Å². The highest BCUT2D eigenvalue weighted by atomic mass is 16.5. The van der Waals surface area contributed by atoms with Gasteiger partial charge in [0.2, 0.25) is 0 Å². The molecule has 0 unspecified atom stereocenters. The Morgan fingerprint density at radius 3 is 2.50 bits per heavy atom. The van der Waals surface area contributed by atoms with Gasteiger partial charge in [0, 0.05) is 6.07 Å². The standard InChI is InChI=1S/C20H26N2O4/c1-14(2)16-7-5-6-8-18(16)26-12-11-21-20(23)22-17-10-9-15(24-3)13-19(17)25-4/h5-10,13-14H,11-12H2,1-4H3,(H2,21,22,23). The molecule has 0 aromatic heterocycles. The molecule has 0 atom stereocenters. The van der Waals surface area contributed by atoms with Crippen LogP contribution in [-0.4, -0.2) is 33.4 Å². The Balaban J connectivity index is 1.83. The number of urea groups is 1. The quantitative estimate of drug-likeness (QED) is 0.699. The lowest BCUT2D eigenvalue weighted by Gasteiger charge is -2.15. The van der Waals surface area contributed by atoms with E-state index in [4.69, 9.17) is 14.2 Å². The molecule has 0 spiro atoms. The van der Waals surface area contributed by atoms with Crippen molar-refractivity contribution in [3.05, 3.63) is 48.0 Å². The number of rotatable bonds is 8. The van der Waals surface area contributed by atoms with E-state index in [1.807, 2.05) is 18.2 Å². The largest absolute Gasteiger partial charge is 0.497 e. The number of hydrogen-bond donors (Lipinski definition) is 2. The van der Waals surface area contributed by atoms with Crippen molar-refractivity contribution >= 4 is 11.7 Å². The van der Waals surface area contributed by atoms with Crippen molar-refractivity contribution in [1.82, 2.24) is 5.32 Å². The smallest absolute Gasteiger partial charge is 0.319 e. The average molecular weight is 358 g/mol. The predicted octanol–water partition coefficient (Wildman–Crippen LogP) is 4.03. The number of anilines is 1. The van der Waals surface area contributed by atoms with Crippen LogP contribution in [0.1, 0.15) is 25.3 Å². The van der Waals surface area contributed by atoms with E-state index in [9.17, 15) is 4.79 Å². The summed E-state index contributed by atoms with van der Waals surface area (Å²) in [7, 11) is 3.11. The fourth-order valence-corrected chi connectivity index (χ4v) is 2.48. The van der Waals surface area contributed by atoms with Crippen LogP contribution in [0.15, 0.2) is 42.5 Å². The first-order chi connectivity index (χ1) is 12.5. The number of hydrogen-bond acceptors (Lipinski definition) is 4. The molecule has 0 fully saturated rings. The molecule has 0 aliphatic heterocycles. The van der Waals surface area contributed by atoms with E-state index in [0.29, 0.717) is 36.3 Å². The first-order valence-electron chi connectivity index (χ1n) is 8.53. The van der Waals surface area contributed by atoms with Crippen molar-refractivity contribution < 1.29 is 19.0 Å². The number of ether oxygens (including phenoxy) is 3. The minimum atomic E-state index is -0.325. The Morgan fingerprint density at radius 2 is 1.81 bits per heavy atom. The molecule has 2 aromatic carbocycles. The Bertz CT molecular complexity index is 732. The second kappa shape index (κ2) is 9.56. The number of methoxy groups -OCH3 is 2. The van der Waals surface area contributed by atoms with Gasteiger partial charge in [0.05, 0.1) is 26.5 Å². The lowest BCUT2D eigenvalue weighted by Crippen LogP contribution is -2.32. The molecule has 0 aliphatic rings. The molecule has 2 amide bonds. The Morgan fingerprint density at radius 1 is 1.04 bits per heavy atom. The normalized spacial score (nSPS) is 10.3. The summed E-state index contributed by atoms with van der Waals surface area (Å²) in [6.45, 7) is 5.01. The highest BCUT2D eigenvalue weighted by Gasteiger charge is 2.09. The van der Waals surface area contributed by atoms with Gasteiger partial charge >= 0.3 is 6.03 Å². The lowest BCUT2D eigenvalue weighted by atomic mass is 10.0. The molecule has 0 saturated heterocycles. The Kier molecular flexibility index (Phi) is 7.14. The third-order valence-corrected chi connectivity index (χ3v) is 3.84. The van der Waals surface area contributed by atoms with Gasteiger partial charge in [0.1, 0.15) is 23.9 Å². The van der Waals surface area contributed by atoms with E-state index < -0.39 is 0 Å². The summed E-state index contributed by atoms with van der Waals surface area (Å²) in [6.07, 6.45) is 0. The molecule has 26 heavy (non-hydrogen) atoms. The van der Waals surface area contributed by atoms with Crippen LogP contribution in [-0.2, 0) is 0 Å². The lowest BCUT2D eigenvalue weighted by molar-refractivity contribution is 0.247. The van der Waals surface area contributed by atoms with Crippen LogP contribution in [0, 0.1) is 0 Å². The molecule has 0 radical (unpaired) electrons. The summed E-state index contributed by atoms with van der Waals surface area (Å²) in [5, 5.41) is 5.52. The van der Waals surface area contributed by atoms with E-state index in [-0.39, 0.29) is 6.03 Å². The molecule has 6 nitrogen and oxygen atoms in total. The maximum atomic E-state index is 12.1. The maximum Gasteiger partial charge on any atom is 0.319 e. The number of carbonyl (C=O) groups excluding carboxylic acids is 1. The Hall–Kier alpha value is -2.89. The zero-order valence-corrected chi connectivity index (χ0v) is 15.7. The van der Waals surface area contributed by atoms with Gasteiger partial charge in [-0.1, -0.05) is 32.0 Å². The topological polar surface area (TPSA) is 68.8 Å². The van der Waals surface area contributed by atoms with Gasteiger partial charge in [-0.25, -0.2) is 4.79 Å². The monoisotopic (exact) mass is 358 g/mol. The molecular formula is C20H26N2O4. The minimum absolute atomic E-state index is 0.325. The molecule has 2 aromatic rings. The van der Waals surface area contributed by atoms with Gasteiger partial charge in [0.15, 0.2) is 0 Å². The number of amides is 2. The molecule has 0 saturated carbocycles. The van der Waals surface area contributed by atoms with E-state index >= 15 is 0 Å². The number of benzene rings is 2. The summed E-state index contributed by atoms with van der Waals surface area (Å²) in [6, 6.07) is 12.8. The van der Waals surface area contributed by atoms with Crippen molar-refractivity contribution in [3.8, 4) is 17.2 Å². The second-order valence-electron chi connectivity index (χ2n) is 5.99. The van der Waals surface area contributed by atoms with Crippen molar-refractivity contribution in [1.29, 1.82) is 0 Å². The fourth-order valence-electron chi connectivity index (χ4n) is 2.48. The van der Waals surface area contributed by atoms with Crippen LogP contribution in [0.2, 0.25) is 0 Å². The van der Waals surface area contributed by atoms with Crippen LogP contribution in [0.3, 0.4) is 0 Å². The van der Waals surface area contributed by atoms with Crippen molar-refractivity contribution in [2.24, 2.45) is 0 Å². The number of nitrogens with one attached hydrogen (secondary N) is 2. The summed E-state index contributed by atoms with van der Waals surface area (Å²) >= 11 is 0. The van der Waals surface area contributed by atoms with Crippen molar-refractivity contribution in [2.75, 3.05) is 32.7 Å². The first-order valence-corrected chi connectivity index (χ1v) is 8.53. The number of carbonyl (C=O) groups is 1. The molecule has 0 aliphatic carbocycles. The van der Waals surface area contributed by atoms with Crippen molar-refractivity contribution in [2.45, 2.75) is 19.8 Å². The molecule has 2 N–H and O–H groups in total. The highest BCUT2D eigenvalue weighted by molar-refractivity contribution is 5.91. The van der Waals surface area contributed by atoms with Gasteiger partial charge in [-0.15, -0.1) is 0 Å². The first kappa shape index (κ1) is 19.4. The molecular weight excluding hydrogens is 332 g/mol. The maximum absolute atomic E-state index is 12.1. The van der Waals surface area contributed by atoms with Gasteiger partial charge in [-0.05, 0) is 29.7 Å². The van der Waals surface area contributed by atoms with Crippen LogP contribution in [0.4, 0.5) is 10.5 Å². The summed E-state index contributed by atoms with van der Waals surface area (Å²) in [5.41, 5.74) is 1.72. The summed E-state index contributed by atoms with van der Waals surface area (Å²) in [5.74, 6) is 2.41. The van der Waals surface area contributed by atoms with Gasteiger partial charge < -0.3 is 24.8 Å². The third-order valence-electron chi connectivity index (χ3n) is 3.84. The van der Waals surface area contributed by atoms with E-state index in [1.54, 1.807) is 25.3 Å². The van der Waals surface area contributed by atoms with Gasteiger partial charge in [-0.3, -0.25) is 0 Å². The summed E-state index contributed by atoms with van der Waals surface area (Å²) in [4.78, 5) is 12.1. The highest BCUT2D eigenvalue weighted by Crippen LogP contribution is 2.29. The minimum Gasteiger partial charge on any atom is -0.497 e. The van der Waals surface area contributed by atoms with Crippen LogP contribution >= 0.6 is 0 Å². The van der Waals surface area contributed by atoms with E-state index in [0.717, 1.165) is 11.3 Å². The molecule has 0 heterocycles. The third kappa shape index (κ3) is 5.31. The zero-order valence-electron chi connectivity index (χ0n) is 15.7. The molecule has 140 valence electrons. The predicted molar refractivity (Wildman–Crippen MR) is 103 cm³/mol. The zero-order chi connectivity index (χ0) is 18.9. The van der Waals surface area contributed by atoms with Crippen LogP contribution < -0.4 is 24.8 Å². The van der Waals surface area contributed by atoms with E-state index in [2.05, 4.69) is 30.5 Å². The molecule has 6 heteroatoms. The molecule has 2 rings (SSSR count). The van der Waals surface area contributed by atoms with E-state index in [1.165, 1.54) is 7.11 Å². The van der Waals surface area contributed by atoms with Crippen LogP contribution in [0.25, 0.3) is 0 Å². The summed E-state index contributed by atoms with van der Waals surface area (Å²) < 4.78 is 16.2.